The second kappa shape index (κ2) is 7.53. The Morgan fingerprint density at radius 3 is 2.27 bits per heavy atom. The quantitative estimate of drug-likeness (QED) is 0.568. The Hall–Kier alpha value is -0.980. The summed E-state index contributed by atoms with van der Waals surface area (Å²) in [7, 11) is 0. The molecular formula is C16H28O6. The Labute approximate surface area is 132 Å². The molecule has 0 spiro atoms. The third kappa shape index (κ3) is 3.05. The van der Waals surface area contributed by atoms with Gasteiger partial charge in [-0.05, 0) is 34.1 Å². The molecule has 0 amide bonds. The van der Waals surface area contributed by atoms with Crippen LogP contribution in [0.25, 0.3) is 0 Å². The zero-order valence-electron chi connectivity index (χ0n) is 14.2. The number of carbonyl (C=O) groups is 2. The normalized spacial score (nSPS) is 32.3. The number of Topliss-reactive ketones (excluding diaryl/α,β-unsaturated/α-hetero) is 1. The van der Waals surface area contributed by atoms with Gasteiger partial charge < -0.3 is 19.3 Å². The topological polar surface area (TPSA) is 82.1 Å². The molecule has 0 saturated heterocycles. The van der Waals surface area contributed by atoms with Crippen molar-refractivity contribution in [3.8, 4) is 0 Å². The molecule has 6 heteroatoms. The highest BCUT2D eigenvalue weighted by Gasteiger charge is 2.65. The first-order valence-electron chi connectivity index (χ1n) is 7.95. The van der Waals surface area contributed by atoms with E-state index >= 15 is 0 Å². The van der Waals surface area contributed by atoms with Crippen molar-refractivity contribution < 1.29 is 28.9 Å². The van der Waals surface area contributed by atoms with Gasteiger partial charge in [0.2, 0.25) is 0 Å². The molecule has 0 heterocycles. The van der Waals surface area contributed by atoms with Gasteiger partial charge in [-0.1, -0.05) is 6.92 Å². The van der Waals surface area contributed by atoms with Crippen molar-refractivity contribution in [2.45, 2.75) is 59.4 Å². The number of carbonyl (C=O) groups excluding carboxylic acids is 2. The van der Waals surface area contributed by atoms with Gasteiger partial charge >= 0.3 is 5.97 Å². The van der Waals surface area contributed by atoms with Gasteiger partial charge in [0.1, 0.15) is 11.4 Å². The van der Waals surface area contributed by atoms with Crippen molar-refractivity contribution in [2.24, 2.45) is 11.3 Å². The van der Waals surface area contributed by atoms with Crippen LogP contribution in [0.1, 0.15) is 47.5 Å². The number of ether oxygens (including phenoxy) is 3. The lowest BCUT2D eigenvalue weighted by atomic mass is 9.58. The van der Waals surface area contributed by atoms with Gasteiger partial charge in [0, 0.05) is 25.6 Å². The zero-order valence-corrected chi connectivity index (χ0v) is 14.2. The summed E-state index contributed by atoms with van der Waals surface area (Å²) >= 11 is 0. The second-order valence-electron chi connectivity index (χ2n) is 5.81. The molecule has 3 unspecified atom stereocenters. The molecule has 3 atom stereocenters. The molecule has 1 N–H and O–H groups in total. The highest BCUT2D eigenvalue weighted by atomic mass is 16.7. The molecule has 0 aromatic heterocycles. The molecule has 0 bridgehead atoms. The Morgan fingerprint density at radius 1 is 1.27 bits per heavy atom. The van der Waals surface area contributed by atoms with Crippen LogP contribution in [0.15, 0.2) is 0 Å². The minimum atomic E-state index is -1.76. The van der Waals surface area contributed by atoms with Crippen LogP contribution < -0.4 is 0 Å². The van der Waals surface area contributed by atoms with Crippen molar-refractivity contribution in [3.05, 3.63) is 0 Å². The molecule has 1 saturated carbocycles. The van der Waals surface area contributed by atoms with Crippen LogP contribution in [0.5, 0.6) is 0 Å². The minimum Gasteiger partial charge on any atom is -0.465 e. The zero-order chi connectivity index (χ0) is 17.0. The number of ketones is 1. The molecule has 0 aliphatic heterocycles. The standard InChI is InChI=1S/C16H28O6/c1-6-20-13(18)15(5)10-9-12(17)11(4)16(15,19)14(21-7-2)22-8-3/h11,14,19H,6-10H2,1-5H3. The van der Waals surface area contributed by atoms with Crippen LogP contribution in [0.2, 0.25) is 0 Å². The SMILES string of the molecule is CCOC(=O)C1(C)CCC(=O)C(C)C1(O)C(OCC)OCC. The Bertz CT molecular complexity index is 403. The monoisotopic (exact) mass is 316 g/mol. The van der Waals surface area contributed by atoms with Crippen molar-refractivity contribution in [1.82, 2.24) is 0 Å². The first kappa shape index (κ1) is 19.1. The highest BCUT2D eigenvalue weighted by molar-refractivity contribution is 5.88. The molecule has 22 heavy (non-hydrogen) atoms. The van der Waals surface area contributed by atoms with E-state index in [9.17, 15) is 14.7 Å². The van der Waals surface area contributed by atoms with E-state index in [0.717, 1.165) is 0 Å². The van der Waals surface area contributed by atoms with E-state index in [-0.39, 0.29) is 25.2 Å². The molecular weight excluding hydrogens is 288 g/mol. The lowest BCUT2D eigenvalue weighted by Crippen LogP contribution is -2.67. The van der Waals surface area contributed by atoms with Crippen molar-refractivity contribution in [3.63, 3.8) is 0 Å². The second-order valence-corrected chi connectivity index (χ2v) is 5.81. The summed E-state index contributed by atoms with van der Waals surface area (Å²) in [6.45, 7) is 9.29. The minimum absolute atomic E-state index is 0.103. The average molecular weight is 316 g/mol. The fourth-order valence-electron chi connectivity index (χ4n) is 3.14. The van der Waals surface area contributed by atoms with Gasteiger partial charge in [-0.25, -0.2) is 0 Å². The number of rotatable bonds is 7. The van der Waals surface area contributed by atoms with Gasteiger partial charge in [-0.3, -0.25) is 9.59 Å². The largest absolute Gasteiger partial charge is 0.465 e. The summed E-state index contributed by atoms with van der Waals surface area (Å²) in [4.78, 5) is 24.7. The maximum absolute atomic E-state index is 12.5. The van der Waals surface area contributed by atoms with Crippen LogP contribution in [0.3, 0.4) is 0 Å². The fraction of sp³-hybridized carbons (Fsp3) is 0.875. The van der Waals surface area contributed by atoms with Crippen molar-refractivity contribution in [2.75, 3.05) is 19.8 Å². The number of aliphatic hydroxyl groups is 1. The van der Waals surface area contributed by atoms with Crippen LogP contribution in [0, 0.1) is 11.3 Å². The van der Waals surface area contributed by atoms with Gasteiger partial charge in [-0.2, -0.15) is 0 Å². The first-order valence-corrected chi connectivity index (χ1v) is 7.95. The average Bonchev–Trinajstić information content (AvgIpc) is 2.49. The molecule has 0 aromatic rings. The highest BCUT2D eigenvalue weighted by Crippen LogP contribution is 2.49. The van der Waals surface area contributed by atoms with Gasteiger partial charge in [0.05, 0.1) is 12.0 Å². The third-order valence-electron chi connectivity index (χ3n) is 4.62. The molecule has 1 aliphatic rings. The lowest BCUT2D eigenvalue weighted by Gasteiger charge is -2.52. The Morgan fingerprint density at radius 2 is 1.82 bits per heavy atom. The maximum atomic E-state index is 12.5. The fourth-order valence-corrected chi connectivity index (χ4v) is 3.14. The van der Waals surface area contributed by atoms with Crippen LogP contribution in [0.4, 0.5) is 0 Å². The number of hydrogen-bond donors (Lipinski definition) is 1. The van der Waals surface area contributed by atoms with Crippen molar-refractivity contribution in [1.29, 1.82) is 0 Å². The van der Waals surface area contributed by atoms with Crippen LogP contribution >= 0.6 is 0 Å². The van der Waals surface area contributed by atoms with Crippen LogP contribution in [-0.4, -0.2) is 48.6 Å². The summed E-state index contributed by atoms with van der Waals surface area (Å²) in [5.41, 5.74) is -3.02. The van der Waals surface area contributed by atoms with Gasteiger partial charge in [-0.15, -0.1) is 0 Å². The van der Waals surface area contributed by atoms with Crippen molar-refractivity contribution >= 4 is 11.8 Å². The first-order chi connectivity index (χ1) is 10.3. The van der Waals surface area contributed by atoms with E-state index in [4.69, 9.17) is 14.2 Å². The molecule has 6 nitrogen and oxygen atoms in total. The summed E-state index contributed by atoms with van der Waals surface area (Å²) < 4.78 is 16.2. The molecule has 128 valence electrons. The number of hydrogen-bond acceptors (Lipinski definition) is 6. The summed E-state index contributed by atoms with van der Waals surface area (Å²) in [5.74, 6) is -1.41. The van der Waals surface area contributed by atoms with Gasteiger partial charge in [0.15, 0.2) is 6.29 Å². The molecule has 0 radical (unpaired) electrons. The third-order valence-corrected chi connectivity index (χ3v) is 4.62. The van der Waals surface area contributed by atoms with Crippen LogP contribution in [-0.2, 0) is 23.8 Å². The Kier molecular flexibility index (Phi) is 6.52. The van der Waals surface area contributed by atoms with E-state index < -0.39 is 29.2 Å². The summed E-state index contributed by atoms with van der Waals surface area (Å²) in [6.07, 6.45) is -0.623. The molecule has 1 fully saturated rings. The van der Waals surface area contributed by atoms with E-state index in [1.165, 1.54) is 0 Å². The van der Waals surface area contributed by atoms with E-state index in [0.29, 0.717) is 13.2 Å². The molecule has 1 aliphatic carbocycles. The van der Waals surface area contributed by atoms with Gasteiger partial charge in [0.25, 0.3) is 0 Å². The number of esters is 1. The molecule has 1 rings (SSSR count). The predicted molar refractivity (Wildman–Crippen MR) is 80.1 cm³/mol. The maximum Gasteiger partial charge on any atom is 0.314 e. The lowest BCUT2D eigenvalue weighted by molar-refractivity contribution is -0.290. The van der Waals surface area contributed by atoms with E-state index in [1.807, 2.05) is 0 Å². The summed E-state index contributed by atoms with van der Waals surface area (Å²) in [6, 6.07) is 0. The predicted octanol–water partition coefficient (Wildman–Crippen LogP) is 1.68. The van der Waals surface area contributed by atoms with E-state index in [1.54, 1.807) is 34.6 Å². The summed E-state index contributed by atoms with van der Waals surface area (Å²) in [5, 5.41) is 11.4. The smallest absolute Gasteiger partial charge is 0.314 e. The van der Waals surface area contributed by atoms with E-state index in [2.05, 4.69) is 0 Å². The Balaban J connectivity index is 3.33. The molecule has 0 aromatic carbocycles.